The Kier molecular flexibility index (Phi) is 6.32. The molecular weight excluding hydrogens is 440 g/mol. The Morgan fingerprint density at radius 2 is 1.42 bits per heavy atom. The van der Waals surface area contributed by atoms with Gasteiger partial charge in [-0.3, -0.25) is 9.59 Å². The molecule has 1 atom stereocenters. The summed E-state index contributed by atoms with van der Waals surface area (Å²) in [5.41, 5.74) is -2.69. The number of carbonyl (C=O) groups excluding carboxylic acids is 2. The number of carbonyl (C=O) groups is 2. The van der Waals surface area contributed by atoms with E-state index in [2.05, 4.69) is 0 Å². The average Bonchev–Trinajstić information content (AvgIpc) is 2.76. The Morgan fingerprint density at radius 1 is 0.903 bits per heavy atom. The molecule has 0 heterocycles. The van der Waals surface area contributed by atoms with E-state index < -0.39 is 46.7 Å². The van der Waals surface area contributed by atoms with E-state index in [1.54, 1.807) is 0 Å². The minimum Gasteiger partial charge on any atom is -0.465 e. The Labute approximate surface area is 181 Å². The first-order chi connectivity index (χ1) is 14.6. The lowest BCUT2D eigenvalue weighted by Crippen LogP contribution is -2.35. The summed E-state index contributed by atoms with van der Waals surface area (Å²) in [5.74, 6) is -14.7. The fourth-order valence-corrected chi connectivity index (χ4v) is 4.01. The molecule has 1 aliphatic carbocycles. The van der Waals surface area contributed by atoms with Crippen molar-refractivity contribution in [2.75, 3.05) is 13.2 Å². The van der Waals surface area contributed by atoms with Crippen molar-refractivity contribution in [3.8, 4) is 0 Å². The molecule has 1 unspecified atom stereocenters. The smallest absolute Gasteiger partial charge is 0.340 e. The van der Waals surface area contributed by atoms with Gasteiger partial charge in [0.1, 0.15) is 0 Å². The molecule has 0 fully saturated rings. The van der Waals surface area contributed by atoms with Crippen molar-refractivity contribution in [2.24, 2.45) is 5.92 Å². The van der Waals surface area contributed by atoms with Crippen LogP contribution in [0.2, 0.25) is 5.02 Å². The van der Waals surface area contributed by atoms with Crippen LogP contribution in [0.1, 0.15) is 42.0 Å². The molecule has 1 aliphatic rings. The number of ether oxygens (including phenoxy) is 2. The van der Waals surface area contributed by atoms with Crippen LogP contribution in [-0.4, -0.2) is 25.2 Å². The van der Waals surface area contributed by atoms with E-state index in [1.165, 1.54) is 32.0 Å². The number of rotatable bonds is 5. The van der Waals surface area contributed by atoms with E-state index in [0.717, 1.165) is 24.3 Å². The number of esters is 2. The van der Waals surface area contributed by atoms with E-state index in [9.17, 15) is 9.59 Å². The lowest BCUT2D eigenvalue weighted by Gasteiger charge is -2.27. The molecule has 0 spiro atoms. The molecule has 0 bridgehead atoms. The van der Waals surface area contributed by atoms with Gasteiger partial charge in [0.15, 0.2) is 5.92 Å². The highest BCUT2D eigenvalue weighted by Gasteiger charge is 2.63. The third kappa shape index (κ3) is 3.78. The third-order valence-corrected chi connectivity index (χ3v) is 5.36. The fraction of sp³-hybridized carbons (Fsp3) is 0.364. The summed E-state index contributed by atoms with van der Waals surface area (Å²) in [6, 6.07) is 7.51. The number of hydrogen-bond acceptors (Lipinski definition) is 4. The molecule has 0 amide bonds. The van der Waals surface area contributed by atoms with Gasteiger partial charge in [0, 0.05) is 22.1 Å². The maximum absolute atomic E-state index is 15.2. The molecule has 31 heavy (non-hydrogen) atoms. The van der Waals surface area contributed by atoms with E-state index in [4.69, 9.17) is 21.1 Å². The van der Waals surface area contributed by atoms with E-state index >= 15 is 17.6 Å². The number of alkyl halides is 4. The van der Waals surface area contributed by atoms with Gasteiger partial charge in [-0.1, -0.05) is 41.9 Å². The van der Waals surface area contributed by atoms with Crippen LogP contribution in [0, 0.1) is 5.92 Å². The quantitative estimate of drug-likeness (QED) is 0.341. The molecule has 0 saturated heterocycles. The van der Waals surface area contributed by atoms with Gasteiger partial charge in [-0.25, -0.2) is 0 Å². The summed E-state index contributed by atoms with van der Waals surface area (Å²) in [6.45, 7) is 2.76. The van der Waals surface area contributed by atoms with E-state index in [-0.39, 0.29) is 29.4 Å². The Morgan fingerprint density at radius 3 is 1.97 bits per heavy atom. The minimum absolute atomic E-state index is 0.0197. The lowest BCUT2D eigenvalue weighted by molar-refractivity contribution is -0.223. The Balaban J connectivity index is 2.41. The second kappa shape index (κ2) is 8.49. The Hall–Kier alpha value is -2.61. The maximum Gasteiger partial charge on any atom is 0.340 e. The van der Waals surface area contributed by atoms with Crippen molar-refractivity contribution in [3.05, 3.63) is 69.7 Å². The van der Waals surface area contributed by atoms with Crippen molar-refractivity contribution in [1.29, 1.82) is 0 Å². The molecular formula is C22H19ClF4O4. The largest absolute Gasteiger partial charge is 0.465 e. The number of benzene rings is 2. The van der Waals surface area contributed by atoms with Gasteiger partial charge in [0.25, 0.3) is 0 Å². The highest BCUT2D eigenvalue weighted by molar-refractivity contribution is 6.30. The summed E-state index contributed by atoms with van der Waals surface area (Å²) in [5, 5.41) is -0.0197. The van der Waals surface area contributed by atoms with Crippen molar-refractivity contribution in [2.45, 2.75) is 31.6 Å². The van der Waals surface area contributed by atoms with Crippen LogP contribution in [0.5, 0.6) is 0 Å². The fourth-order valence-electron chi connectivity index (χ4n) is 3.83. The highest BCUT2D eigenvalue weighted by atomic mass is 35.5. The molecule has 0 N–H and O–H groups in total. The van der Waals surface area contributed by atoms with Crippen LogP contribution in [0.25, 0.3) is 0 Å². The predicted octanol–water partition coefficient (Wildman–Crippen LogP) is 5.41. The summed E-state index contributed by atoms with van der Waals surface area (Å²) < 4.78 is 70.5. The SMILES string of the molecule is CCOC(=O)C(C(=O)OCC)C1c2ccccc2C(F)(F)C(F)(F)c2ccc(Cl)cc21. The van der Waals surface area contributed by atoms with E-state index in [1.807, 2.05) is 0 Å². The first-order valence-electron chi connectivity index (χ1n) is 9.56. The molecule has 0 aliphatic heterocycles. The zero-order chi connectivity index (χ0) is 23.0. The van der Waals surface area contributed by atoms with Crippen LogP contribution >= 0.6 is 11.6 Å². The predicted molar refractivity (Wildman–Crippen MR) is 104 cm³/mol. The third-order valence-electron chi connectivity index (χ3n) is 5.13. The molecule has 2 aromatic rings. The van der Waals surface area contributed by atoms with Crippen molar-refractivity contribution >= 4 is 23.5 Å². The monoisotopic (exact) mass is 458 g/mol. The first-order valence-corrected chi connectivity index (χ1v) is 9.93. The van der Waals surface area contributed by atoms with Crippen molar-refractivity contribution < 1.29 is 36.6 Å². The highest BCUT2D eigenvalue weighted by Crippen LogP contribution is 2.57. The minimum atomic E-state index is -4.63. The topological polar surface area (TPSA) is 52.6 Å². The van der Waals surface area contributed by atoms with Gasteiger partial charge < -0.3 is 9.47 Å². The van der Waals surface area contributed by atoms with Crippen LogP contribution in [0.4, 0.5) is 17.6 Å². The van der Waals surface area contributed by atoms with Crippen LogP contribution < -0.4 is 0 Å². The van der Waals surface area contributed by atoms with Gasteiger partial charge in [0.05, 0.1) is 13.2 Å². The van der Waals surface area contributed by atoms with Crippen molar-refractivity contribution in [1.82, 2.24) is 0 Å². The van der Waals surface area contributed by atoms with Gasteiger partial charge in [-0.15, -0.1) is 0 Å². The van der Waals surface area contributed by atoms with Crippen LogP contribution in [0.15, 0.2) is 42.5 Å². The number of halogens is 5. The average molecular weight is 459 g/mol. The molecule has 0 saturated carbocycles. The van der Waals surface area contributed by atoms with Gasteiger partial charge in [-0.05, 0) is 37.1 Å². The molecule has 2 aromatic carbocycles. The molecule has 166 valence electrons. The van der Waals surface area contributed by atoms with Crippen LogP contribution in [-0.2, 0) is 30.9 Å². The van der Waals surface area contributed by atoms with Gasteiger partial charge >= 0.3 is 23.8 Å². The van der Waals surface area contributed by atoms with E-state index in [0.29, 0.717) is 0 Å². The zero-order valence-electron chi connectivity index (χ0n) is 16.6. The van der Waals surface area contributed by atoms with Gasteiger partial charge in [-0.2, -0.15) is 17.6 Å². The summed E-state index contributed by atoms with van der Waals surface area (Å²) in [4.78, 5) is 25.5. The molecule has 3 rings (SSSR count). The first kappa shape index (κ1) is 23.1. The molecule has 0 aromatic heterocycles. The normalized spacial score (nSPS) is 18.5. The molecule has 4 nitrogen and oxygen atoms in total. The lowest BCUT2D eigenvalue weighted by atomic mass is 9.78. The number of hydrogen-bond donors (Lipinski definition) is 0. The zero-order valence-corrected chi connectivity index (χ0v) is 17.4. The van der Waals surface area contributed by atoms with Crippen LogP contribution in [0.3, 0.4) is 0 Å². The Bertz CT molecular complexity index is 991. The van der Waals surface area contributed by atoms with Crippen molar-refractivity contribution in [3.63, 3.8) is 0 Å². The second-order valence-electron chi connectivity index (χ2n) is 6.93. The molecule has 9 heteroatoms. The molecule has 0 radical (unpaired) electrons. The summed E-state index contributed by atoms with van der Waals surface area (Å²) >= 11 is 6.01. The summed E-state index contributed by atoms with van der Waals surface area (Å²) in [6.07, 6.45) is 0. The maximum atomic E-state index is 15.2. The second-order valence-corrected chi connectivity index (χ2v) is 7.36. The standard InChI is InChI=1S/C22H19ClF4O4/c1-3-30-19(28)18(20(29)31-4-2)17-13-7-5-6-8-15(13)21(24,25)22(26,27)16-10-9-12(23)11-14(16)17/h5-11,17-18H,3-4H2,1-2H3. The number of fused-ring (bicyclic) bond motifs is 2. The summed E-state index contributed by atoms with van der Waals surface area (Å²) in [7, 11) is 0. The van der Waals surface area contributed by atoms with Gasteiger partial charge in [0.2, 0.25) is 0 Å².